The highest BCUT2D eigenvalue weighted by Crippen LogP contribution is 1.97. The van der Waals surface area contributed by atoms with Gasteiger partial charge in [-0.1, -0.05) is 6.92 Å². The third kappa shape index (κ3) is 4.75. The molecular weight excluding hydrogens is 252 g/mol. The van der Waals surface area contributed by atoms with E-state index in [0.29, 0.717) is 19.6 Å². The quantitative estimate of drug-likeness (QED) is 0.705. The third-order valence-corrected chi connectivity index (χ3v) is 4.45. The molecular formula is C11H22N4O2S. The van der Waals surface area contributed by atoms with E-state index in [1.165, 1.54) is 0 Å². The predicted octanol–water partition coefficient (Wildman–Crippen LogP) is 0.109. The molecule has 2 N–H and O–H groups in total. The second-order valence-corrected chi connectivity index (χ2v) is 6.52. The summed E-state index contributed by atoms with van der Waals surface area (Å²) in [6.45, 7) is 7.74. The molecule has 0 saturated carbocycles. The van der Waals surface area contributed by atoms with E-state index in [-0.39, 0.29) is 0 Å². The lowest BCUT2D eigenvalue weighted by Gasteiger charge is -2.14. The van der Waals surface area contributed by atoms with E-state index in [4.69, 9.17) is 0 Å². The average Bonchev–Trinajstić information content (AvgIpc) is 2.71. The van der Waals surface area contributed by atoms with Gasteiger partial charge in [0.2, 0.25) is 10.0 Å². The van der Waals surface area contributed by atoms with Crippen LogP contribution in [0.2, 0.25) is 0 Å². The van der Waals surface area contributed by atoms with Crippen LogP contribution >= 0.6 is 0 Å². The topological polar surface area (TPSA) is 76.0 Å². The number of hydrogen-bond donors (Lipinski definition) is 2. The molecule has 0 fully saturated rings. The summed E-state index contributed by atoms with van der Waals surface area (Å²) in [5.74, 6) is 0. The Morgan fingerprint density at radius 1 is 1.50 bits per heavy atom. The predicted molar refractivity (Wildman–Crippen MR) is 71.9 cm³/mol. The molecule has 0 spiro atoms. The van der Waals surface area contributed by atoms with Gasteiger partial charge < -0.3 is 5.32 Å². The summed E-state index contributed by atoms with van der Waals surface area (Å²) in [5.41, 5.74) is 1.07. The molecule has 0 aliphatic rings. The van der Waals surface area contributed by atoms with Gasteiger partial charge in [0.15, 0.2) is 0 Å². The van der Waals surface area contributed by atoms with Crippen LogP contribution in [-0.4, -0.2) is 43.1 Å². The summed E-state index contributed by atoms with van der Waals surface area (Å²) in [6, 6.07) is 0. The molecule has 1 aromatic heterocycles. The van der Waals surface area contributed by atoms with Crippen molar-refractivity contribution in [1.29, 1.82) is 0 Å². The van der Waals surface area contributed by atoms with Crippen molar-refractivity contribution in [1.82, 2.24) is 19.8 Å². The lowest BCUT2D eigenvalue weighted by molar-refractivity contribution is 0.545. The van der Waals surface area contributed by atoms with Crippen molar-refractivity contribution < 1.29 is 8.42 Å². The zero-order valence-electron chi connectivity index (χ0n) is 11.2. The maximum absolute atomic E-state index is 11.9. The lowest BCUT2D eigenvalue weighted by Crippen LogP contribution is -2.40. The largest absolute Gasteiger partial charge is 0.316 e. The van der Waals surface area contributed by atoms with Gasteiger partial charge in [-0.15, -0.1) is 0 Å². The minimum atomic E-state index is -3.25. The molecule has 0 saturated heterocycles. The van der Waals surface area contributed by atoms with Gasteiger partial charge in [0, 0.05) is 19.3 Å². The minimum absolute atomic E-state index is 0.361. The average molecular weight is 274 g/mol. The van der Waals surface area contributed by atoms with E-state index >= 15 is 0 Å². The number of sulfonamides is 1. The first-order valence-corrected chi connectivity index (χ1v) is 7.68. The van der Waals surface area contributed by atoms with Crippen LogP contribution in [0.25, 0.3) is 0 Å². The summed E-state index contributed by atoms with van der Waals surface area (Å²) >= 11 is 0. The second kappa shape index (κ2) is 6.86. The zero-order chi connectivity index (χ0) is 13.6. The normalized spacial score (nSPS) is 13.7. The van der Waals surface area contributed by atoms with Crippen molar-refractivity contribution in [3.63, 3.8) is 0 Å². The van der Waals surface area contributed by atoms with Crippen molar-refractivity contribution in [2.75, 3.05) is 19.6 Å². The van der Waals surface area contributed by atoms with Gasteiger partial charge >= 0.3 is 0 Å². The van der Waals surface area contributed by atoms with Crippen LogP contribution in [0.3, 0.4) is 0 Å². The highest BCUT2D eigenvalue weighted by Gasteiger charge is 2.19. The summed E-state index contributed by atoms with van der Waals surface area (Å²) in [6.07, 6.45) is 3.64. The Morgan fingerprint density at radius 3 is 2.78 bits per heavy atom. The third-order valence-electron chi connectivity index (χ3n) is 2.62. The lowest BCUT2D eigenvalue weighted by atomic mass is 10.4. The molecule has 1 rings (SSSR count). The van der Waals surface area contributed by atoms with Gasteiger partial charge in [0.25, 0.3) is 0 Å². The fourth-order valence-electron chi connectivity index (χ4n) is 1.49. The first kappa shape index (κ1) is 15.1. The van der Waals surface area contributed by atoms with E-state index in [1.807, 2.05) is 20.0 Å². The van der Waals surface area contributed by atoms with Gasteiger partial charge in [0.1, 0.15) is 0 Å². The molecule has 1 unspecified atom stereocenters. The van der Waals surface area contributed by atoms with Crippen molar-refractivity contribution in [3.8, 4) is 0 Å². The fraction of sp³-hybridized carbons (Fsp3) is 0.727. The molecule has 1 atom stereocenters. The Hall–Kier alpha value is -0.920. The molecule has 0 aliphatic carbocycles. The van der Waals surface area contributed by atoms with E-state index in [0.717, 1.165) is 12.1 Å². The summed E-state index contributed by atoms with van der Waals surface area (Å²) < 4.78 is 28.0. The van der Waals surface area contributed by atoms with Gasteiger partial charge in [-0.05, 0) is 26.0 Å². The number of rotatable bonds is 8. The van der Waals surface area contributed by atoms with Crippen molar-refractivity contribution in [2.45, 2.75) is 32.6 Å². The number of nitrogens with one attached hydrogen (secondary N) is 2. The minimum Gasteiger partial charge on any atom is -0.316 e. The van der Waals surface area contributed by atoms with Crippen molar-refractivity contribution in [2.24, 2.45) is 0 Å². The molecule has 6 nitrogen and oxygen atoms in total. The Kier molecular flexibility index (Phi) is 5.77. The number of hydrogen-bond acceptors (Lipinski definition) is 4. The van der Waals surface area contributed by atoms with Crippen LogP contribution in [0.4, 0.5) is 0 Å². The summed E-state index contributed by atoms with van der Waals surface area (Å²) in [4.78, 5) is 0. The van der Waals surface area contributed by atoms with Gasteiger partial charge in [0.05, 0.1) is 18.0 Å². The highest BCUT2D eigenvalue weighted by atomic mass is 32.2. The van der Waals surface area contributed by atoms with Crippen LogP contribution in [0.15, 0.2) is 12.4 Å². The molecule has 0 amide bonds. The molecule has 1 aromatic rings. The molecule has 104 valence electrons. The van der Waals surface area contributed by atoms with E-state index in [1.54, 1.807) is 17.8 Å². The summed E-state index contributed by atoms with van der Waals surface area (Å²) in [7, 11) is -3.25. The molecule has 1 heterocycles. The van der Waals surface area contributed by atoms with Crippen molar-refractivity contribution >= 4 is 10.0 Å². The number of aromatic nitrogens is 2. The van der Waals surface area contributed by atoms with Gasteiger partial charge in [-0.25, -0.2) is 13.1 Å². The Bertz CT molecular complexity index is 455. The molecule has 0 radical (unpaired) electrons. The molecule has 18 heavy (non-hydrogen) atoms. The SMILES string of the molecule is CCNCC(C)S(=O)(=O)NCCn1cc(C)cn1. The Morgan fingerprint density at radius 2 is 2.22 bits per heavy atom. The maximum atomic E-state index is 11.9. The van der Waals surface area contributed by atoms with Crippen molar-refractivity contribution in [3.05, 3.63) is 18.0 Å². The standard InChI is InChI=1S/C11H22N4O2S/c1-4-12-8-11(3)18(16,17)14-5-6-15-9-10(2)7-13-15/h7,9,11-12,14H,4-6,8H2,1-3H3. The molecule has 7 heteroatoms. The Balaban J connectivity index is 2.37. The van der Waals surface area contributed by atoms with Crippen LogP contribution in [-0.2, 0) is 16.6 Å². The first-order valence-electron chi connectivity index (χ1n) is 6.14. The van der Waals surface area contributed by atoms with Crippen LogP contribution in [0, 0.1) is 6.92 Å². The summed E-state index contributed by atoms with van der Waals surface area (Å²) in [5, 5.41) is 6.69. The van der Waals surface area contributed by atoms with E-state index in [2.05, 4.69) is 15.1 Å². The number of aryl methyl sites for hydroxylation is 1. The maximum Gasteiger partial charge on any atom is 0.215 e. The monoisotopic (exact) mass is 274 g/mol. The second-order valence-electron chi connectivity index (χ2n) is 4.34. The Labute approximate surface area is 109 Å². The molecule has 0 bridgehead atoms. The van der Waals surface area contributed by atoms with Gasteiger partial charge in [-0.3, -0.25) is 4.68 Å². The van der Waals surface area contributed by atoms with E-state index < -0.39 is 15.3 Å². The molecule has 0 aliphatic heterocycles. The van der Waals surface area contributed by atoms with Gasteiger partial charge in [-0.2, -0.15) is 5.10 Å². The number of nitrogens with zero attached hydrogens (tertiary/aromatic N) is 2. The molecule has 0 aromatic carbocycles. The van der Waals surface area contributed by atoms with E-state index in [9.17, 15) is 8.42 Å². The van der Waals surface area contributed by atoms with Crippen LogP contribution in [0.1, 0.15) is 19.4 Å². The van der Waals surface area contributed by atoms with Crippen LogP contribution < -0.4 is 10.0 Å². The first-order chi connectivity index (χ1) is 8.45. The highest BCUT2D eigenvalue weighted by molar-refractivity contribution is 7.90. The smallest absolute Gasteiger partial charge is 0.215 e. The van der Waals surface area contributed by atoms with Crippen LogP contribution in [0.5, 0.6) is 0 Å². The fourth-order valence-corrected chi connectivity index (χ4v) is 2.49. The zero-order valence-corrected chi connectivity index (χ0v) is 12.0.